The van der Waals surface area contributed by atoms with Gasteiger partial charge in [-0.05, 0) is 97.5 Å². The van der Waals surface area contributed by atoms with Crippen molar-refractivity contribution in [3.63, 3.8) is 0 Å². The molecule has 4 rings (SSSR count). The summed E-state index contributed by atoms with van der Waals surface area (Å²) in [5.74, 6) is 0.590. The van der Waals surface area contributed by atoms with Crippen molar-refractivity contribution in [3.05, 3.63) is 90.5 Å². The minimum Gasteiger partial charge on any atom is -0.488 e. The summed E-state index contributed by atoms with van der Waals surface area (Å²) in [7, 11) is -14.3. The first-order chi connectivity index (χ1) is 20.6. The number of hydrogen-bond donors (Lipinski definition) is 2. The van der Waals surface area contributed by atoms with E-state index in [9.17, 15) is 34.4 Å². The molecule has 45 heavy (non-hydrogen) atoms. The summed E-state index contributed by atoms with van der Waals surface area (Å²) >= 11 is 0. The lowest BCUT2D eigenvalue weighted by Gasteiger charge is -2.22. The molecule has 0 saturated carbocycles. The Labute approximate surface area is 264 Å². The first-order valence-electron chi connectivity index (χ1n) is 13.6. The van der Waals surface area contributed by atoms with Crippen LogP contribution in [0, 0.1) is 0 Å². The molecule has 13 heteroatoms. The molecule has 0 aromatic heterocycles. The number of sulfone groups is 1. The Kier molecular flexibility index (Phi) is 9.01. The molecular formula is C32H34O10S3. The third-order valence-electron chi connectivity index (χ3n) is 6.55. The Morgan fingerprint density at radius 3 is 1.44 bits per heavy atom. The second-order valence-corrected chi connectivity index (χ2v) is 17.1. The van der Waals surface area contributed by atoms with Gasteiger partial charge in [-0.15, -0.1) is 0 Å². The maximum absolute atomic E-state index is 13.5. The summed E-state index contributed by atoms with van der Waals surface area (Å²) < 4.78 is 107. The Bertz CT molecular complexity index is 2050. The lowest BCUT2D eigenvalue weighted by atomic mass is 9.87. The second kappa shape index (κ2) is 11.9. The molecule has 10 nitrogen and oxygen atoms in total. The molecule has 0 atom stereocenters. The molecule has 0 bridgehead atoms. The van der Waals surface area contributed by atoms with Crippen LogP contribution in [0.5, 0.6) is 17.2 Å². The van der Waals surface area contributed by atoms with Crippen LogP contribution in [0.1, 0.15) is 47.1 Å². The standard InChI is InChI=1S/C32H34O10S3/c1-31(2,3)27-17-15-25(19-29(27)44(35,36)37)43(33,34)26-16-18-28(30(20-26)45(38,39)40)41-23-11-7-21(8-12-23)22-9-13-24(14-10-22)42-32(4,5)6/h7-20H,1-6H3,(H,35,36,37)(H,38,39,40). The molecule has 0 saturated heterocycles. The van der Waals surface area contributed by atoms with E-state index in [2.05, 4.69) is 0 Å². The van der Waals surface area contributed by atoms with E-state index >= 15 is 0 Å². The molecule has 0 aliphatic heterocycles. The Morgan fingerprint density at radius 1 is 0.556 bits per heavy atom. The van der Waals surface area contributed by atoms with Crippen molar-refractivity contribution in [2.45, 2.75) is 72.1 Å². The van der Waals surface area contributed by atoms with Crippen molar-refractivity contribution < 1.29 is 43.8 Å². The highest BCUT2D eigenvalue weighted by Crippen LogP contribution is 2.36. The van der Waals surface area contributed by atoms with Crippen LogP contribution in [0.4, 0.5) is 0 Å². The SMILES string of the molecule is CC(C)(C)Oc1ccc(-c2ccc(Oc3ccc(S(=O)(=O)c4ccc(C(C)(C)C)c(S(=O)(=O)O)c4)cc3S(=O)(=O)O)cc2)cc1. The van der Waals surface area contributed by atoms with Gasteiger partial charge in [-0.3, -0.25) is 9.11 Å². The average Bonchev–Trinajstić information content (AvgIpc) is 2.91. The van der Waals surface area contributed by atoms with E-state index in [1.165, 1.54) is 6.07 Å². The fraction of sp³-hybridized carbons (Fsp3) is 0.250. The minimum absolute atomic E-state index is 0.184. The van der Waals surface area contributed by atoms with Crippen LogP contribution < -0.4 is 9.47 Å². The van der Waals surface area contributed by atoms with Gasteiger partial charge >= 0.3 is 0 Å². The van der Waals surface area contributed by atoms with E-state index in [1.807, 2.05) is 45.0 Å². The van der Waals surface area contributed by atoms with Gasteiger partial charge in [0.25, 0.3) is 20.2 Å². The summed E-state index contributed by atoms with van der Waals surface area (Å²) in [6.07, 6.45) is 0. The zero-order valence-corrected chi connectivity index (χ0v) is 27.9. The van der Waals surface area contributed by atoms with E-state index in [0.717, 1.165) is 47.2 Å². The first-order valence-corrected chi connectivity index (χ1v) is 18.0. The molecule has 0 aliphatic carbocycles. The van der Waals surface area contributed by atoms with Gasteiger partial charge in [0.2, 0.25) is 9.84 Å². The van der Waals surface area contributed by atoms with Crippen LogP contribution in [0.3, 0.4) is 0 Å². The van der Waals surface area contributed by atoms with Crippen molar-refractivity contribution in [2.75, 3.05) is 0 Å². The van der Waals surface area contributed by atoms with Gasteiger partial charge in [-0.2, -0.15) is 16.8 Å². The third kappa shape index (κ3) is 8.10. The predicted molar refractivity (Wildman–Crippen MR) is 169 cm³/mol. The zero-order chi connectivity index (χ0) is 33.6. The summed E-state index contributed by atoms with van der Waals surface area (Å²) in [5, 5.41) is 0. The van der Waals surface area contributed by atoms with Crippen LogP contribution in [0.2, 0.25) is 0 Å². The van der Waals surface area contributed by atoms with Crippen LogP contribution in [0.25, 0.3) is 11.1 Å². The maximum atomic E-state index is 13.5. The molecule has 0 radical (unpaired) electrons. The van der Waals surface area contributed by atoms with Crippen LogP contribution in [-0.4, -0.2) is 40.0 Å². The molecule has 4 aromatic carbocycles. The predicted octanol–water partition coefficient (Wildman–Crippen LogP) is 6.95. The van der Waals surface area contributed by atoms with Gasteiger partial charge in [-0.25, -0.2) is 8.42 Å². The average molecular weight is 675 g/mol. The van der Waals surface area contributed by atoms with Gasteiger partial charge in [0, 0.05) is 0 Å². The van der Waals surface area contributed by atoms with E-state index in [0.29, 0.717) is 0 Å². The molecule has 4 aromatic rings. The Morgan fingerprint density at radius 2 is 1.00 bits per heavy atom. The monoisotopic (exact) mass is 674 g/mol. The highest BCUT2D eigenvalue weighted by molar-refractivity contribution is 7.91. The third-order valence-corrected chi connectivity index (χ3v) is 10.1. The molecule has 0 aliphatic rings. The number of ether oxygens (including phenoxy) is 2. The molecule has 240 valence electrons. The van der Waals surface area contributed by atoms with Crippen LogP contribution in [0.15, 0.2) is 105 Å². The van der Waals surface area contributed by atoms with Gasteiger partial charge in [0.15, 0.2) is 0 Å². The van der Waals surface area contributed by atoms with E-state index in [-0.39, 0.29) is 22.7 Å². The van der Waals surface area contributed by atoms with Crippen molar-refractivity contribution in [1.29, 1.82) is 0 Å². The topological polar surface area (TPSA) is 161 Å². The summed E-state index contributed by atoms with van der Waals surface area (Å²) in [5.41, 5.74) is 0.818. The summed E-state index contributed by atoms with van der Waals surface area (Å²) in [4.78, 5) is -2.47. The fourth-order valence-corrected chi connectivity index (χ4v) is 7.52. The zero-order valence-electron chi connectivity index (χ0n) is 25.5. The van der Waals surface area contributed by atoms with Crippen molar-refractivity contribution in [1.82, 2.24) is 0 Å². The Hall–Kier alpha value is -3.75. The van der Waals surface area contributed by atoms with Crippen molar-refractivity contribution in [3.8, 4) is 28.4 Å². The normalized spacial score (nSPS) is 13.0. The van der Waals surface area contributed by atoms with Crippen molar-refractivity contribution in [2.24, 2.45) is 0 Å². The largest absolute Gasteiger partial charge is 0.488 e. The molecular weight excluding hydrogens is 641 g/mol. The smallest absolute Gasteiger partial charge is 0.298 e. The van der Waals surface area contributed by atoms with Crippen molar-refractivity contribution >= 4 is 30.1 Å². The first kappa shape index (κ1) is 34.1. The van der Waals surface area contributed by atoms with Gasteiger partial charge in [-0.1, -0.05) is 51.1 Å². The highest BCUT2D eigenvalue weighted by atomic mass is 32.2. The van der Waals surface area contributed by atoms with Gasteiger partial charge in [0.05, 0.1) is 14.7 Å². The van der Waals surface area contributed by atoms with E-state index in [1.54, 1.807) is 45.0 Å². The lowest BCUT2D eigenvalue weighted by molar-refractivity contribution is 0.131. The summed E-state index contributed by atoms with van der Waals surface area (Å²) in [6.45, 7) is 10.9. The number of rotatable bonds is 8. The minimum atomic E-state index is -4.98. The van der Waals surface area contributed by atoms with E-state index in [4.69, 9.17) is 9.47 Å². The summed E-state index contributed by atoms with van der Waals surface area (Å²) in [6, 6.07) is 20.3. The highest BCUT2D eigenvalue weighted by Gasteiger charge is 2.29. The molecule has 0 fully saturated rings. The quantitative estimate of drug-likeness (QED) is 0.187. The van der Waals surface area contributed by atoms with Crippen LogP contribution in [-0.2, 0) is 35.5 Å². The molecule has 0 heterocycles. The second-order valence-electron chi connectivity index (χ2n) is 12.3. The van der Waals surface area contributed by atoms with Gasteiger partial charge in [0.1, 0.15) is 27.7 Å². The van der Waals surface area contributed by atoms with E-state index < -0.39 is 55.1 Å². The molecule has 0 amide bonds. The molecule has 0 spiro atoms. The fourth-order valence-electron chi connectivity index (χ4n) is 4.49. The number of benzene rings is 4. The lowest BCUT2D eigenvalue weighted by Crippen LogP contribution is -2.22. The number of hydrogen-bond acceptors (Lipinski definition) is 8. The molecule has 2 N–H and O–H groups in total. The maximum Gasteiger partial charge on any atom is 0.298 e. The Balaban J connectivity index is 1.66. The van der Waals surface area contributed by atoms with Crippen LogP contribution >= 0.6 is 0 Å². The molecule has 0 unspecified atom stereocenters. The van der Waals surface area contributed by atoms with Gasteiger partial charge < -0.3 is 9.47 Å².